The third kappa shape index (κ3) is 4.53. The minimum Gasteiger partial charge on any atom is -0.335 e. The number of anilines is 1. The molecule has 0 aromatic heterocycles. The maximum atomic E-state index is 12.0. The first kappa shape index (κ1) is 14.9. The van der Waals surface area contributed by atoms with Crippen LogP contribution in [0.4, 0.5) is 10.5 Å². The predicted molar refractivity (Wildman–Crippen MR) is 82.7 cm³/mol. The molecule has 1 atom stereocenters. The fourth-order valence-corrected chi connectivity index (χ4v) is 2.68. The van der Waals surface area contributed by atoms with Crippen molar-refractivity contribution in [1.82, 2.24) is 5.32 Å². The molecule has 1 unspecified atom stereocenters. The van der Waals surface area contributed by atoms with Crippen molar-refractivity contribution in [1.29, 1.82) is 0 Å². The number of hydrogen-bond acceptors (Lipinski definition) is 2. The van der Waals surface area contributed by atoms with Crippen LogP contribution in [0.2, 0.25) is 0 Å². The molecular formula is C16H25N3O. The Hall–Kier alpha value is -1.55. The Kier molecular flexibility index (Phi) is 5.41. The Morgan fingerprint density at radius 3 is 2.60 bits per heavy atom. The molecular weight excluding hydrogens is 250 g/mol. The fourth-order valence-electron chi connectivity index (χ4n) is 2.68. The SMILES string of the molecule is CC(N)c1cccc(NC(=O)NC2CCCCCC2)c1. The van der Waals surface area contributed by atoms with E-state index in [0.29, 0.717) is 6.04 Å². The molecule has 1 aliphatic carbocycles. The van der Waals surface area contributed by atoms with Gasteiger partial charge in [0.15, 0.2) is 0 Å². The van der Waals surface area contributed by atoms with Gasteiger partial charge in [0, 0.05) is 17.8 Å². The van der Waals surface area contributed by atoms with Crippen LogP contribution >= 0.6 is 0 Å². The molecule has 0 radical (unpaired) electrons. The molecule has 1 aromatic carbocycles. The molecule has 1 fully saturated rings. The van der Waals surface area contributed by atoms with Gasteiger partial charge in [-0.1, -0.05) is 37.8 Å². The van der Waals surface area contributed by atoms with Crippen molar-refractivity contribution >= 4 is 11.7 Å². The second kappa shape index (κ2) is 7.29. The second-order valence-electron chi connectivity index (χ2n) is 5.70. The van der Waals surface area contributed by atoms with E-state index in [-0.39, 0.29) is 12.1 Å². The third-order valence-corrected chi connectivity index (χ3v) is 3.86. The van der Waals surface area contributed by atoms with Crippen LogP contribution < -0.4 is 16.4 Å². The van der Waals surface area contributed by atoms with E-state index in [1.807, 2.05) is 31.2 Å². The van der Waals surface area contributed by atoms with E-state index in [9.17, 15) is 4.79 Å². The standard InChI is InChI=1S/C16H25N3O/c1-12(17)13-7-6-10-15(11-13)19-16(20)18-14-8-4-2-3-5-9-14/h6-7,10-12,14H,2-5,8-9,17H2,1H3,(H2,18,19,20). The van der Waals surface area contributed by atoms with Crippen molar-refractivity contribution < 1.29 is 4.79 Å². The first-order valence-corrected chi connectivity index (χ1v) is 7.58. The smallest absolute Gasteiger partial charge is 0.319 e. The van der Waals surface area contributed by atoms with Crippen molar-refractivity contribution in [3.05, 3.63) is 29.8 Å². The van der Waals surface area contributed by atoms with Gasteiger partial charge in [0.25, 0.3) is 0 Å². The highest BCUT2D eigenvalue weighted by Crippen LogP contribution is 2.18. The fraction of sp³-hybridized carbons (Fsp3) is 0.562. The molecule has 0 heterocycles. The van der Waals surface area contributed by atoms with Gasteiger partial charge in [0.2, 0.25) is 0 Å². The lowest BCUT2D eigenvalue weighted by Gasteiger charge is -2.17. The Labute approximate surface area is 121 Å². The van der Waals surface area contributed by atoms with Crippen LogP contribution in [0, 0.1) is 0 Å². The second-order valence-corrected chi connectivity index (χ2v) is 5.70. The van der Waals surface area contributed by atoms with Crippen LogP contribution in [0.1, 0.15) is 57.1 Å². The molecule has 0 saturated heterocycles. The Morgan fingerprint density at radius 2 is 1.95 bits per heavy atom. The summed E-state index contributed by atoms with van der Waals surface area (Å²) in [5.41, 5.74) is 7.67. The molecule has 20 heavy (non-hydrogen) atoms. The van der Waals surface area contributed by atoms with Crippen LogP contribution in [0.15, 0.2) is 24.3 Å². The highest BCUT2D eigenvalue weighted by molar-refractivity contribution is 5.89. The van der Waals surface area contributed by atoms with Crippen molar-refractivity contribution in [2.75, 3.05) is 5.32 Å². The summed E-state index contributed by atoms with van der Waals surface area (Å²) in [6, 6.07) is 7.88. The van der Waals surface area contributed by atoms with Crippen molar-refractivity contribution in [2.24, 2.45) is 5.73 Å². The minimum absolute atomic E-state index is 0.0262. The van der Waals surface area contributed by atoms with Gasteiger partial charge < -0.3 is 16.4 Å². The quantitative estimate of drug-likeness (QED) is 0.738. The van der Waals surface area contributed by atoms with E-state index >= 15 is 0 Å². The van der Waals surface area contributed by atoms with Crippen LogP contribution in [-0.2, 0) is 0 Å². The lowest BCUT2D eigenvalue weighted by Crippen LogP contribution is -2.37. The zero-order valence-electron chi connectivity index (χ0n) is 12.2. The molecule has 4 N–H and O–H groups in total. The number of carbonyl (C=O) groups is 1. The van der Waals surface area contributed by atoms with Crippen LogP contribution in [0.3, 0.4) is 0 Å². The van der Waals surface area contributed by atoms with E-state index in [1.165, 1.54) is 25.7 Å². The number of nitrogens with two attached hydrogens (primary N) is 1. The minimum atomic E-state index is -0.112. The van der Waals surface area contributed by atoms with Gasteiger partial charge in [-0.3, -0.25) is 0 Å². The summed E-state index contributed by atoms with van der Waals surface area (Å²) >= 11 is 0. The Bertz CT molecular complexity index is 437. The van der Waals surface area contributed by atoms with Gasteiger partial charge in [0.05, 0.1) is 0 Å². The number of rotatable bonds is 3. The molecule has 2 rings (SSSR count). The maximum absolute atomic E-state index is 12.0. The van der Waals surface area contributed by atoms with E-state index in [2.05, 4.69) is 10.6 Å². The zero-order chi connectivity index (χ0) is 14.4. The van der Waals surface area contributed by atoms with Gasteiger partial charge in [-0.2, -0.15) is 0 Å². The number of hydrogen-bond donors (Lipinski definition) is 3. The van der Waals surface area contributed by atoms with Crippen molar-refractivity contribution in [3.63, 3.8) is 0 Å². The average Bonchev–Trinajstić information content (AvgIpc) is 2.67. The summed E-state index contributed by atoms with van der Waals surface area (Å²) in [7, 11) is 0. The number of amides is 2. The lowest BCUT2D eigenvalue weighted by atomic mass is 10.1. The summed E-state index contributed by atoms with van der Waals surface area (Å²) < 4.78 is 0. The number of carbonyl (C=O) groups excluding carboxylic acids is 1. The molecule has 1 aliphatic rings. The van der Waals surface area contributed by atoms with Gasteiger partial charge >= 0.3 is 6.03 Å². The van der Waals surface area contributed by atoms with Crippen LogP contribution in [0.25, 0.3) is 0 Å². The molecule has 0 spiro atoms. The molecule has 110 valence electrons. The first-order valence-electron chi connectivity index (χ1n) is 7.58. The highest BCUT2D eigenvalue weighted by atomic mass is 16.2. The van der Waals surface area contributed by atoms with E-state index in [1.54, 1.807) is 0 Å². The van der Waals surface area contributed by atoms with Gasteiger partial charge in [0.1, 0.15) is 0 Å². The van der Waals surface area contributed by atoms with Crippen molar-refractivity contribution in [2.45, 2.75) is 57.5 Å². The molecule has 0 aliphatic heterocycles. The maximum Gasteiger partial charge on any atom is 0.319 e. The van der Waals surface area contributed by atoms with Crippen LogP contribution in [0.5, 0.6) is 0 Å². The Balaban J connectivity index is 1.88. The van der Waals surface area contributed by atoms with Crippen molar-refractivity contribution in [3.8, 4) is 0 Å². The van der Waals surface area contributed by atoms with Gasteiger partial charge in [-0.25, -0.2) is 4.79 Å². The molecule has 1 saturated carbocycles. The molecule has 2 amide bonds. The topological polar surface area (TPSA) is 67.1 Å². The first-order chi connectivity index (χ1) is 9.65. The number of urea groups is 1. The van der Waals surface area contributed by atoms with Gasteiger partial charge in [-0.05, 0) is 37.5 Å². The van der Waals surface area contributed by atoms with E-state index in [0.717, 1.165) is 24.1 Å². The van der Waals surface area contributed by atoms with E-state index < -0.39 is 0 Å². The Morgan fingerprint density at radius 1 is 1.25 bits per heavy atom. The van der Waals surface area contributed by atoms with Crippen LogP contribution in [-0.4, -0.2) is 12.1 Å². The summed E-state index contributed by atoms with van der Waals surface area (Å²) in [5, 5.41) is 5.97. The normalized spacial score (nSPS) is 18.1. The number of benzene rings is 1. The molecule has 4 nitrogen and oxygen atoms in total. The summed E-state index contributed by atoms with van der Waals surface area (Å²) in [4.78, 5) is 12.0. The largest absolute Gasteiger partial charge is 0.335 e. The monoisotopic (exact) mass is 275 g/mol. The highest BCUT2D eigenvalue weighted by Gasteiger charge is 2.14. The number of nitrogens with one attached hydrogen (secondary N) is 2. The molecule has 4 heteroatoms. The zero-order valence-corrected chi connectivity index (χ0v) is 12.2. The van der Waals surface area contributed by atoms with E-state index in [4.69, 9.17) is 5.73 Å². The summed E-state index contributed by atoms with van der Waals surface area (Å²) in [5.74, 6) is 0. The third-order valence-electron chi connectivity index (χ3n) is 3.86. The average molecular weight is 275 g/mol. The summed E-state index contributed by atoms with van der Waals surface area (Å²) in [6.07, 6.45) is 7.18. The molecule has 0 bridgehead atoms. The molecule has 1 aromatic rings. The summed E-state index contributed by atoms with van der Waals surface area (Å²) in [6.45, 7) is 1.94. The predicted octanol–water partition coefficient (Wildman–Crippen LogP) is 3.55. The van der Waals surface area contributed by atoms with Gasteiger partial charge in [-0.15, -0.1) is 0 Å². The lowest BCUT2D eigenvalue weighted by molar-refractivity contribution is 0.247.